The first-order valence-corrected chi connectivity index (χ1v) is 10.2. The topological polar surface area (TPSA) is 53.6 Å². The Hall–Kier alpha value is -1.82. The first kappa shape index (κ1) is 19.9. The lowest BCUT2D eigenvalue weighted by atomic mass is 9.81. The summed E-state index contributed by atoms with van der Waals surface area (Å²) < 4.78 is 5.30. The van der Waals surface area contributed by atoms with Crippen LogP contribution < -0.4 is 15.4 Å². The molecule has 3 rings (SSSR count). The van der Waals surface area contributed by atoms with Crippen LogP contribution in [0, 0.1) is 5.41 Å². The van der Waals surface area contributed by atoms with Crippen LogP contribution in [0.2, 0.25) is 0 Å². The van der Waals surface area contributed by atoms with Gasteiger partial charge in [-0.05, 0) is 56.5 Å². The van der Waals surface area contributed by atoms with Gasteiger partial charge in [0.05, 0.1) is 7.11 Å². The summed E-state index contributed by atoms with van der Waals surface area (Å²) in [6.45, 7) is 5.89. The average molecular weight is 390 g/mol. The summed E-state index contributed by atoms with van der Waals surface area (Å²) in [5.74, 6) is 0.947. The number of piperidine rings is 2. The molecule has 0 radical (unpaired) electrons. The van der Waals surface area contributed by atoms with E-state index in [4.69, 9.17) is 17.0 Å². The van der Waals surface area contributed by atoms with E-state index < -0.39 is 0 Å². The van der Waals surface area contributed by atoms with Gasteiger partial charge in [-0.15, -0.1) is 0 Å². The summed E-state index contributed by atoms with van der Waals surface area (Å²) in [5, 5.41) is 7.43. The number of hydrogen-bond acceptors (Lipinski definition) is 3. The lowest BCUT2D eigenvalue weighted by Crippen LogP contribution is -2.60. The maximum atomic E-state index is 12.4. The smallest absolute Gasteiger partial charge is 0.225 e. The number of carbonyl (C=O) groups is 1. The molecule has 2 bridgehead atoms. The van der Waals surface area contributed by atoms with E-state index in [1.165, 1.54) is 6.42 Å². The molecule has 148 valence electrons. The fraction of sp³-hybridized carbons (Fsp3) is 0.619. The third kappa shape index (κ3) is 4.72. The van der Waals surface area contributed by atoms with Crippen LogP contribution in [-0.2, 0) is 4.79 Å². The highest BCUT2D eigenvalue weighted by molar-refractivity contribution is 7.80. The molecule has 3 atom stereocenters. The highest BCUT2D eigenvalue weighted by Crippen LogP contribution is 2.35. The van der Waals surface area contributed by atoms with Gasteiger partial charge in [0.1, 0.15) is 5.75 Å². The summed E-state index contributed by atoms with van der Waals surface area (Å²) >= 11 is 5.76. The Morgan fingerprint density at radius 2 is 1.89 bits per heavy atom. The predicted molar refractivity (Wildman–Crippen MR) is 113 cm³/mol. The number of rotatable bonds is 3. The van der Waals surface area contributed by atoms with Crippen molar-refractivity contribution in [3.8, 4) is 5.75 Å². The van der Waals surface area contributed by atoms with Crippen molar-refractivity contribution in [1.29, 1.82) is 0 Å². The zero-order valence-corrected chi connectivity index (χ0v) is 17.6. The van der Waals surface area contributed by atoms with Crippen LogP contribution in [0.4, 0.5) is 5.69 Å². The van der Waals surface area contributed by atoms with E-state index in [2.05, 4.69) is 15.5 Å². The second-order valence-corrected chi connectivity index (χ2v) is 9.09. The van der Waals surface area contributed by atoms with Crippen LogP contribution in [0.25, 0.3) is 0 Å². The van der Waals surface area contributed by atoms with E-state index in [9.17, 15) is 4.79 Å². The fourth-order valence-electron chi connectivity index (χ4n) is 4.12. The second-order valence-electron chi connectivity index (χ2n) is 8.70. The third-order valence-corrected chi connectivity index (χ3v) is 5.86. The predicted octanol–water partition coefficient (Wildman–Crippen LogP) is 3.94. The molecule has 27 heavy (non-hydrogen) atoms. The molecule has 2 heterocycles. The highest BCUT2D eigenvalue weighted by Gasteiger charge is 2.40. The molecule has 6 heteroatoms. The molecule has 1 unspecified atom stereocenters. The molecule has 2 fully saturated rings. The van der Waals surface area contributed by atoms with Crippen molar-refractivity contribution in [2.45, 2.75) is 71.0 Å². The first-order valence-electron chi connectivity index (χ1n) is 9.82. The van der Waals surface area contributed by atoms with Crippen LogP contribution in [0.3, 0.4) is 0 Å². The van der Waals surface area contributed by atoms with Gasteiger partial charge >= 0.3 is 0 Å². The molecule has 5 nitrogen and oxygen atoms in total. The number of carbonyl (C=O) groups excluding carboxylic acids is 1. The van der Waals surface area contributed by atoms with Gasteiger partial charge < -0.3 is 20.3 Å². The van der Waals surface area contributed by atoms with Gasteiger partial charge in [0.25, 0.3) is 0 Å². The van der Waals surface area contributed by atoms with Gasteiger partial charge in [-0.1, -0.05) is 26.8 Å². The summed E-state index contributed by atoms with van der Waals surface area (Å²) in [6, 6.07) is 8.84. The number of nitrogens with one attached hydrogen (secondary N) is 2. The van der Waals surface area contributed by atoms with Crippen LogP contribution in [0.5, 0.6) is 5.75 Å². The average Bonchev–Trinajstić information content (AvgIpc) is 2.60. The standard InChI is InChI=1S/C21H31N3O2S/c1-21(2,3)19(25)22-15-11-16-8-6-9-17(12-15)24(16)20(27)23-14-7-5-10-18(13-14)26-4/h5,7,10,13,15-17H,6,8-9,11-12H2,1-4H3,(H,22,25)(H,23,27)/t15?,16-,17+. The van der Waals surface area contributed by atoms with E-state index in [0.29, 0.717) is 12.1 Å². The SMILES string of the molecule is COc1cccc(NC(=S)N2[C@@H]3CCC[C@H]2CC(NC(=O)C(C)(C)C)C3)c1. The molecule has 1 aromatic carbocycles. The van der Waals surface area contributed by atoms with Crippen molar-refractivity contribution in [1.82, 2.24) is 10.2 Å². The molecule has 2 aliphatic heterocycles. The number of fused-ring (bicyclic) bond motifs is 2. The molecular weight excluding hydrogens is 358 g/mol. The quantitative estimate of drug-likeness (QED) is 0.767. The Labute approximate surface area is 167 Å². The largest absolute Gasteiger partial charge is 0.497 e. The molecule has 1 aromatic rings. The highest BCUT2D eigenvalue weighted by atomic mass is 32.1. The molecule has 2 N–H and O–H groups in total. The van der Waals surface area contributed by atoms with Gasteiger partial charge in [-0.3, -0.25) is 4.79 Å². The second kappa shape index (κ2) is 8.05. The number of benzene rings is 1. The van der Waals surface area contributed by atoms with Gasteiger partial charge in [-0.2, -0.15) is 0 Å². The molecule has 1 amide bonds. The number of anilines is 1. The summed E-state index contributed by atoms with van der Waals surface area (Å²) in [5.41, 5.74) is 0.593. The molecule has 2 saturated heterocycles. The van der Waals surface area contributed by atoms with Crippen molar-refractivity contribution in [3.05, 3.63) is 24.3 Å². The van der Waals surface area contributed by atoms with Gasteiger partial charge in [0, 0.05) is 35.3 Å². The van der Waals surface area contributed by atoms with E-state index >= 15 is 0 Å². The summed E-state index contributed by atoms with van der Waals surface area (Å²) in [7, 11) is 1.67. The summed E-state index contributed by atoms with van der Waals surface area (Å²) in [4.78, 5) is 14.8. The fourth-order valence-corrected chi connectivity index (χ4v) is 4.54. The lowest BCUT2D eigenvalue weighted by molar-refractivity contribution is -0.129. The molecule has 0 aliphatic carbocycles. The van der Waals surface area contributed by atoms with Crippen molar-refractivity contribution in [2.24, 2.45) is 5.41 Å². The normalized spacial score (nSPS) is 24.9. The number of hydrogen-bond donors (Lipinski definition) is 2. The first-order chi connectivity index (χ1) is 12.8. The van der Waals surface area contributed by atoms with Gasteiger partial charge in [0.2, 0.25) is 5.91 Å². The number of ether oxygens (including phenoxy) is 1. The number of thiocarbonyl (C=S) groups is 1. The molecule has 0 aromatic heterocycles. The summed E-state index contributed by atoms with van der Waals surface area (Å²) in [6.07, 6.45) is 5.39. The Bertz CT molecular complexity index is 687. The molecule has 0 saturated carbocycles. The Morgan fingerprint density at radius 3 is 2.48 bits per heavy atom. The van der Waals surface area contributed by atoms with E-state index in [-0.39, 0.29) is 17.4 Å². The van der Waals surface area contributed by atoms with Crippen LogP contribution in [-0.4, -0.2) is 41.2 Å². The maximum Gasteiger partial charge on any atom is 0.225 e. The minimum absolute atomic E-state index is 0.135. The zero-order chi connectivity index (χ0) is 19.6. The van der Waals surface area contributed by atoms with Gasteiger partial charge in [-0.25, -0.2) is 0 Å². The minimum atomic E-state index is -0.352. The van der Waals surface area contributed by atoms with E-state index in [0.717, 1.165) is 42.2 Å². The van der Waals surface area contributed by atoms with E-state index in [1.54, 1.807) is 7.11 Å². The van der Waals surface area contributed by atoms with Crippen molar-refractivity contribution < 1.29 is 9.53 Å². The maximum absolute atomic E-state index is 12.4. The molecular formula is C21H31N3O2S. The molecule has 0 spiro atoms. The van der Waals surface area contributed by atoms with Crippen LogP contribution in [0.15, 0.2) is 24.3 Å². The van der Waals surface area contributed by atoms with Crippen molar-refractivity contribution in [2.75, 3.05) is 12.4 Å². The van der Waals surface area contributed by atoms with Crippen LogP contribution >= 0.6 is 12.2 Å². The zero-order valence-electron chi connectivity index (χ0n) is 16.7. The minimum Gasteiger partial charge on any atom is -0.497 e. The lowest BCUT2D eigenvalue weighted by Gasteiger charge is -2.50. The molecule has 2 aliphatic rings. The Morgan fingerprint density at radius 1 is 1.22 bits per heavy atom. The van der Waals surface area contributed by atoms with Crippen molar-refractivity contribution >= 4 is 28.9 Å². The van der Waals surface area contributed by atoms with Crippen LogP contribution in [0.1, 0.15) is 52.9 Å². The van der Waals surface area contributed by atoms with E-state index in [1.807, 2.05) is 45.0 Å². The number of nitrogens with zero attached hydrogens (tertiary/aromatic N) is 1. The Balaban J connectivity index is 1.66. The third-order valence-electron chi connectivity index (χ3n) is 5.55. The monoisotopic (exact) mass is 389 g/mol. The Kier molecular flexibility index (Phi) is 5.94. The van der Waals surface area contributed by atoms with Gasteiger partial charge in [0.15, 0.2) is 5.11 Å². The van der Waals surface area contributed by atoms with Crippen molar-refractivity contribution in [3.63, 3.8) is 0 Å². The number of methoxy groups -OCH3 is 1. The number of amides is 1.